The molecular formula is C21H26N4O2. The molecule has 0 fully saturated rings. The lowest BCUT2D eigenvalue weighted by atomic mass is 10.1. The van der Waals surface area contributed by atoms with Crippen LogP contribution in [0.2, 0.25) is 0 Å². The Morgan fingerprint density at radius 2 is 1.93 bits per heavy atom. The summed E-state index contributed by atoms with van der Waals surface area (Å²) in [7, 11) is 0. The van der Waals surface area contributed by atoms with E-state index in [2.05, 4.69) is 46.0 Å². The standard InChI is InChI=1S/C21H26N4O2/c1-21(2,3)27-20(26)24-11-12-25-18-9-10-23(13-16-7-5-4-6-8-16)14-17(18)22-19(25)15-24/h4-10H,11-15H2,1-3H3. The summed E-state index contributed by atoms with van der Waals surface area (Å²) in [4.78, 5) is 21.2. The molecule has 2 aliphatic heterocycles. The zero-order valence-corrected chi connectivity index (χ0v) is 16.2. The molecule has 27 heavy (non-hydrogen) atoms. The number of benzene rings is 1. The van der Waals surface area contributed by atoms with Crippen molar-refractivity contribution in [1.29, 1.82) is 0 Å². The monoisotopic (exact) mass is 366 g/mol. The summed E-state index contributed by atoms with van der Waals surface area (Å²) in [5.74, 6) is 0.934. The predicted octanol–water partition coefficient (Wildman–Crippen LogP) is 3.62. The molecule has 142 valence electrons. The predicted molar refractivity (Wildman–Crippen MR) is 104 cm³/mol. The fourth-order valence-corrected chi connectivity index (χ4v) is 3.54. The van der Waals surface area contributed by atoms with Gasteiger partial charge in [-0.2, -0.15) is 0 Å². The van der Waals surface area contributed by atoms with Crippen LogP contribution >= 0.6 is 0 Å². The van der Waals surface area contributed by atoms with E-state index in [1.54, 1.807) is 4.90 Å². The van der Waals surface area contributed by atoms with Crippen molar-refractivity contribution in [2.45, 2.75) is 52.6 Å². The molecule has 0 saturated heterocycles. The molecular weight excluding hydrogens is 340 g/mol. The average molecular weight is 366 g/mol. The number of imidazole rings is 1. The van der Waals surface area contributed by atoms with Crippen LogP contribution in [0.3, 0.4) is 0 Å². The molecule has 1 aromatic heterocycles. The van der Waals surface area contributed by atoms with Gasteiger partial charge in [0, 0.05) is 25.8 Å². The van der Waals surface area contributed by atoms with Gasteiger partial charge in [0.05, 0.1) is 24.5 Å². The lowest BCUT2D eigenvalue weighted by molar-refractivity contribution is 0.0195. The molecule has 1 aromatic carbocycles. The van der Waals surface area contributed by atoms with Gasteiger partial charge in [-0.25, -0.2) is 9.78 Å². The summed E-state index contributed by atoms with van der Waals surface area (Å²) in [6, 6.07) is 10.4. The molecule has 0 spiro atoms. The molecule has 6 nitrogen and oxygen atoms in total. The van der Waals surface area contributed by atoms with Crippen LogP contribution in [0, 0.1) is 0 Å². The topological polar surface area (TPSA) is 50.6 Å². The molecule has 2 aliphatic rings. The number of hydrogen-bond donors (Lipinski definition) is 0. The molecule has 0 N–H and O–H groups in total. The third-order valence-corrected chi connectivity index (χ3v) is 4.76. The molecule has 1 amide bonds. The third kappa shape index (κ3) is 3.84. The molecule has 3 heterocycles. The number of amides is 1. The Morgan fingerprint density at radius 1 is 1.15 bits per heavy atom. The van der Waals surface area contributed by atoms with Gasteiger partial charge in [-0.05, 0) is 32.4 Å². The minimum atomic E-state index is -0.482. The van der Waals surface area contributed by atoms with Gasteiger partial charge in [-0.1, -0.05) is 30.3 Å². The summed E-state index contributed by atoms with van der Waals surface area (Å²) < 4.78 is 7.73. The summed E-state index contributed by atoms with van der Waals surface area (Å²) >= 11 is 0. The molecule has 0 radical (unpaired) electrons. The summed E-state index contributed by atoms with van der Waals surface area (Å²) in [6.45, 7) is 9.21. The lowest BCUT2D eigenvalue weighted by Crippen LogP contribution is -2.41. The van der Waals surface area contributed by atoms with Crippen LogP contribution in [0.15, 0.2) is 36.5 Å². The second-order valence-corrected chi connectivity index (χ2v) is 8.12. The first-order valence-electron chi connectivity index (χ1n) is 9.41. The number of aromatic nitrogens is 2. The van der Waals surface area contributed by atoms with Gasteiger partial charge in [0.15, 0.2) is 0 Å². The minimum Gasteiger partial charge on any atom is -0.444 e. The van der Waals surface area contributed by atoms with Gasteiger partial charge >= 0.3 is 6.09 Å². The highest BCUT2D eigenvalue weighted by Crippen LogP contribution is 2.26. The normalized spacial score (nSPS) is 16.1. The number of carbonyl (C=O) groups is 1. The maximum atomic E-state index is 12.4. The second kappa shape index (κ2) is 6.76. The van der Waals surface area contributed by atoms with Crippen LogP contribution in [0.25, 0.3) is 6.08 Å². The van der Waals surface area contributed by atoms with Crippen molar-refractivity contribution in [1.82, 2.24) is 19.4 Å². The summed E-state index contributed by atoms with van der Waals surface area (Å²) in [5.41, 5.74) is 3.04. The maximum absolute atomic E-state index is 12.4. The van der Waals surface area contributed by atoms with Crippen molar-refractivity contribution in [3.63, 3.8) is 0 Å². The van der Waals surface area contributed by atoms with Gasteiger partial charge in [0.1, 0.15) is 11.4 Å². The fraction of sp³-hybridized carbons (Fsp3) is 0.429. The van der Waals surface area contributed by atoms with Crippen molar-refractivity contribution >= 4 is 12.2 Å². The highest BCUT2D eigenvalue weighted by Gasteiger charge is 2.29. The smallest absolute Gasteiger partial charge is 0.410 e. The van der Waals surface area contributed by atoms with Gasteiger partial charge in [-0.3, -0.25) is 4.90 Å². The molecule has 0 unspecified atom stereocenters. The Bertz CT molecular complexity index is 864. The van der Waals surface area contributed by atoms with Crippen molar-refractivity contribution in [3.05, 3.63) is 59.3 Å². The molecule has 0 atom stereocenters. The van der Waals surface area contributed by atoms with Crippen LogP contribution in [0.1, 0.15) is 43.5 Å². The van der Waals surface area contributed by atoms with Gasteiger partial charge in [0.2, 0.25) is 0 Å². The summed E-state index contributed by atoms with van der Waals surface area (Å²) in [5, 5.41) is 0. The highest BCUT2D eigenvalue weighted by molar-refractivity contribution is 5.68. The first-order valence-corrected chi connectivity index (χ1v) is 9.41. The number of fused-ring (bicyclic) bond motifs is 3. The fourth-order valence-electron chi connectivity index (χ4n) is 3.54. The second-order valence-electron chi connectivity index (χ2n) is 8.12. The van der Waals surface area contributed by atoms with E-state index in [9.17, 15) is 4.79 Å². The van der Waals surface area contributed by atoms with Crippen LogP contribution in [0.5, 0.6) is 0 Å². The third-order valence-electron chi connectivity index (χ3n) is 4.76. The zero-order valence-electron chi connectivity index (χ0n) is 16.2. The average Bonchev–Trinajstić information content (AvgIpc) is 2.98. The number of hydrogen-bond acceptors (Lipinski definition) is 4. The van der Waals surface area contributed by atoms with Crippen molar-refractivity contribution in [3.8, 4) is 0 Å². The minimum absolute atomic E-state index is 0.268. The quantitative estimate of drug-likeness (QED) is 0.815. The maximum Gasteiger partial charge on any atom is 0.410 e. The number of nitrogens with zero attached hydrogens (tertiary/aromatic N) is 4. The first-order chi connectivity index (χ1) is 12.9. The number of ether oxygens (including phenoxy) is 1. The van der Waals surface area contributed by atoms with E-state index in [4.69, 9.17) is 9.72 Å². The van der Waals surface area contributed by atoms with Gasteiger partial charge < -0.3 is 14.2 Å². The molecule has 0 aliphatic carbocycles. The van der Waals surface area contributed by atoms with E-state index in [1.807, 2.05) is 26.8 Å². The van der Waals surface area contributed by atoms with Crippen LogP contribution < -0.4 is 0 Å². The van der Waals surface area contributed by atoms with E-state index >= 15 is 0 Å². The molecule has 0 saturated carbocycles. The summed E-state index contributed by atoms with van der Waals surface area (Å²) in [6.07, 6.45) is 4.02. The Kier molecular flexibility index (Phi) is 4.42. The number of rotatable bonds is 2. The van der Waals surface area contributed by atoms with E-state index in [1.165, 1.54) is 5.56 Å². The Balaban J connectivity index is 1.47. The molecule has 6 heteroatoms. The van der Waals surface area contributed by atoms with E-state index < -0.39 is 5.60 Å². The van der Waals surface area contributed by atoms with E-state index in [-0.39, 0.29) is 6.09 Å². The lowest BCUT2D eigenvalue weighted by Gasteiger charge is -2.31. The van der Waals surface area contributed by atoms with Crippen molar-refractivity contribution in [2.75, 3.05) is 6.54 Å². The Hall–Kier alpha value is -2.76. The van der Waals surface area contributed by atoms with Crippen molar-refractivity contribution < 1.29 is 9.53 Å². The Labute approximate surface area is 160 Å². The highest BCUT2D eigenvalue weighted by atomic mass is 16.6. The van der Waals surface area contributed by atoms with Crippen LogP contribution in [-0.4, -0.2) is 37.6 Å². The van der Waals surface area contributed by atoms with E-state index in [0.29, 0.717) is 13.1 Å². The molecule has 0 bridgehead atoms. The SMILES string of the molecule is CC(C)(C)OC(=O)N1CCn2c(nc3c2C=CN(Cc2ccccc2)C3)C1. The van der Waals surface area contributed by atoms with Crippen LogP contribution in [0.4, 0.5) is 4.79 Å². The Morgan fingerprint density at radius 3 is 2.67 bits per heavy atom. The van der Waals surface area contributed by atoms with E-state index in [0.717, 1.165) is 36.8 Å². The first kappa shape index (κ1) is 17.6. The van der Waals surface area contributed by atoms with Crippen LogP contribution in [-0.2, 0) is 30.9 Å². The molecule has 2 aromatic rings. The van der Waals surface area contributed by atoms with Crippen molar-refractivity contribution in [2.24, 2.45) is 0 Å². The molecule has 4 rings (SSSR count). The largest absolute Gasteiger partial charge is 0.444 e. The zero-order chi connectivity index (χ0) is 19.0. The van der Waals surface area contributed by atoms with Gasteiger partial charge in [0.25, 0.3) is 0 Å². The van der Waals surface area contributed by atoms with Gasteiger partial charge in [-0.15, -0.1) is 0 Å². The number of carbonyl (C=O) groups excluding carboxylic acids is 1.